The van der Waals surface area contributed by atoms with E-state index in [1.165, 1.54) is 25.2 Å². The first-order valence-corrected chi connectivity index (χ1v) is 7.18. The van der Waals surface area contributed by atoms with Crippen molar-refractivity contribution in [3.8, 4) is 0 Å². The molecule has 0 aromatic heterocycles. The first-order valence-electron chi connectivity index (χ1n) is 6.03. The number of hydrogen-bond donors (Lipinski definition) is 2. The second-order valence-electron chi connectivity index (χ2n) is 3.86. The third kappa shape index (κ3) is 4.58. The van der Waals surface area contributed by atoms with Crippen LogP contribution in [0.2, 0.25) is 0 Å². The van der Waals surface area contributed by atoms with E-state index < -0.39 is 4.92 Å². The summed E-state index contributed by atoms with van der Waals surface area (Å²) in [5.74, 6) is 1.36. The molecule has 0 bridgehead atoms. The molecule has 0 aliphatic rings. The molecule has 1 amide bonds. The van der Waals surface area contributed by atoms with E-state index in [2.05, 4.69) is 17.2 Å². The van der Waals surface area contributed by atoms with Crippen LogP contribution in [-0.4, -0.2) is 35.9 Å². The molecule has 0 atom stereocenters. The number of hydrogen-bond acceptors (Lipinski definition) is 5. The Morgan fingerprint density at radius 1 is 1.55 bits per heavy atom. The van der Waals surface area contributed by atoms with Gasteiger partial charge >= 0.3 is 0 Å². The molecule has 0 heterocycles. The normalized spacial score (nSPS) is 9.85. The fourth-order valence-electron chi connectivity index (χ4n) is 1.55. The van der Waals surface area contributed by atoms with Crippen LogP contribution in [0.3, 0.4) is 0 Å². The van der Waals surface area contributed by atoms with Crippen LogP contribution in [0.15, 0.2) is 30.9 Å². The highest BCUT2D eigenvalue weighted by molar-refractivity contribution is 7.99. The number of nitro benzene ring substituents is 1. The summed E-state index contributed by atoms with van der Waals surface area (Å²) < 4.78 is 0. The lowest BCUT2D eigenvalue weighted by Gasteiger charge is -2.08. The van der Waals surface area contributed by atoms with Gasteiger partial charge in [0.25, 0.3) is 11.6 Å². The fraction of sp³-hybridized carbons (Fsp3) is 0.308. The van der Waals surface area contributed by atoms with E-state index in [1.54, 1.807) is 17.8 Å². The second kappa shape index (κ2) is 8.21. The van der Waals surface area contributed by atoms with Crippen molar-refractivity contribution in [2.75, 3.05) is 30.4 Å². The van der Waals surface area contributed by atoms with Crippen LogP contribution in [-0.2, 0) is 0 Å². The summed E-state index contributed by atoms with van der Waals surface area (Å²) in [6.45, 7) is 4.20. The Hall–Kier alpha value is -2.02. The molecule has 2 N–H and O–H groups in total. The number of benzene rings is 1. The number of anilines is 1. The largest absolute Gasteiger partial charge is 0.379 e. The Morgan fingerprint density at radius 2 is 2.30 bits per heavy atom. The van der Waals surface area contributed by atoms with Gasteiger partial charge in [-0.05, 0) is 12.1 Å². The molecule has 1 aromatic carbocycles. The van der Waals surface area contributed by atoms with Crippen molar-refractivity contribution in [2.24, 2.45) is 0 Å². The maximum atomic E-state index is 11.5. The van der Waals surface area contributed by atoms with E-state index in [0.29, 0.717) is 17.8 Å². The van der Waals surface area contributed by atoms with Crippen LogP contribution in [0, 0.1) is 10.1 Å². The zero-order chi connectivity index (χ0) is 15.0. The number of nitrogens with zero attached hydrogens (tertiary/aromatic N) is 1. The predicted molar refractivity (Wildman–Crippen MR) is 82.5 cm³/mol. The second-order valence-corrected chi connectivity index (χ2v) is 5.01. The number of carbonyl (C=O) groups is 1. The summed E-state index contributed by atoms with van der Waals surface area (Å²) in [6.07, 6.45) is 1.80. The van der Waals surface area contributed by atoms with E-state index in [-0.39, 0.29) is 11.6 Å². The maximum Gasteiger partial charge on any atom is 0.292 e. The Labute approximate surface area is 121 Å². The molecule has 108 valence electrons. The summed E-state index contributed by atoms with van der Waals surface area (Å²) >= 11 is 1.67. The van der Waals surface area contributed by atoms with Crippen LogP contribution >= 0.6 is 11.8 Å². The average molecular weight is 295 g/mol. The zero-order valence-electron chi connectivity index (χ0n) is 11.2. The molecule has 0 saturated carbocycles. The van der Waals surface area contributed by atoms with Gasteiger partial charge in [0.05, 0.1) is 4.92 Å². The molecular formula is C13H17N3O3S. The quantitative estimate of drug-likeness (QED) is 0.333. The van der Waals surface area contributed by atoms with Gasteiger partial charge in [-0.25, -0.2) is 0 Å². The van der Waals surface area contributed by atoms with E-state index in [9.17, 15) is 14.9 Å². The van der Waals surface area contributed by atoms with Crippen molar-refractivity contribution in [3.63, 3.8) is 0 Å². The summed E-state index contributed by atoms with van der Waals surface area (Å²) in [5, 5.41) is 16.4. The lowest BCUT2D eigenvalue weighted by Crippen LogP contribution is -2.18. The molecule has 0 spiro atoms. The summed E-state index contributed by atoms with van der Waals surface area (Å²) in [7, 11) is 1.52. The first kappa shape index (κ1) is 16.0. The minimum Gasteiger partial charge on any atom is -0.379 e. The molecule has 1 aromatic rings. The maximum absolute atomic E-state index is 11.5. The predicted octanol–water partition coefficient (Wildman–Crippen LogP) is 2.29. The van der Waals surface area contributed by atoms with Gasteiger partial charge in [-0.3, -0.25) is 14.9 Å². The number of nitrogens with one attached hydrogen (secondary N) is 2. The number of rotatable bonds is 8. The van der Waals surface area contributed by atoms with Crippen LogP contribution in [0.4, 0.5) is 11.4 Å². The Bertz CT molecular complexity index is 506. The van der Waals surface area contributed by atoms with Crippen molar-refractivity contribution in [3.05, 3.63) is 46.5 Å². The lowest BCUT2D eigenvalue weighted by atomic mass is 10.1. The third-order valence-electron chi connectivity index (χ3n) is 2.48. The van der Waals surface area contributed by atoms with Crippen LogP contribution in [0.25, 0.3) is 0 Å². The van der Waals surface area contributed by atoms with Gasteiger partial charge in [0.2, 0.25) is 0 Å². The molecule has 0 aliphatic carbocycles. The Kier molecular flexibility index (Phi) is 6.58. The third-order valence-corrected chi connectivity index (χ3v) is 3.44. The molecule has 0 fully saturated rings. The first-order chi connectivity index (χ1) is 9.60. The monoisotopic (exact) mass is 295 g/mol. The highest BCUT2D eigenvalue weighted by atomic mass is 32.2. The smallest absolute Gasteiger partial charge is 0.292 e. The van der Waals surface area contributed by atoms with Gasteiger partial charge in [0.1, 0.15) is 5.69 Å². The van der Waals surface area contributed by atoms with Crippen molar-refractivity contribution in [1.82, 2.24) is 5.32 Å². The van der Waals surface area contributed by atoms with Gasteiger partial charge in [0.15, 0.2) is 0 Å². The van der Waals surface area contributed by atoms with E-state index in [0.717, 1.165) is 11.5 Å². The minimum absolute atomic E-state index is 0.0358. The van der Waals surface area contributed by atoms with Gasteiger partial charge in [0, 0.05) is 36.7 Å². The molecular weight excluding hydrogens is 278 g/mol. The number of thioether (sulfide) groups is 1. The summed E-state index contributed by atoms with van der Waals surface area (Å²) in [6, 6.07) is 4.27. The fourth-order valence-corrected chi connectivity index (χ4v) is 2.13. The molecule has 7 heteroatoms. The number of carbonyl (C=O) groups excluding carboxylic acids is 1. The van der Waals surface area contributed by atoms with Gasteiger partial charge < -0.3 is 10.6 Å². The topological polar surface area (TPSA) is 84.3 Å². The van der Waals surface area contributed by atoms with E-state index >= 15 is 0 Å². The molecule has 0 radical (unpaired) electrons. The van der Waals surface area contributed by atoms with Gasteiger partial charge in [-0.1, -0.05) is 6.08 Å². The van der Waals surface area contributed by atoms with Crippen LogP contribution < -0.4 is 10.6 Å². The highest BCUT2D eigenvalue weighted by Gasteiger charge is 2.15. The summed E-state index contributed by atoms with van der Waals surface area (Å²) in [5.41, 5.74) is 0.709. The molecule has 1 rings (SSSR count). The highest BCUT2D eigenvalue weighted by Crippen LogP contribution is 2.25. The van der Waals surface area contributed by atoms with E-state index in [4.69, 9.17) is 0 Å². The summed E-state index contributed by atoms with van der Waals surface area (Å²) in [4.78, 5) is 22.0. The number of amides is 1. The average Bonchev–Trinajstić information content (AvgIpc) is 2.45. The van der Waals surface area contributed by atoms with Crippen LogP contribution in [0.1, 0.15) is 10.4 Å². The zero-order valence-corrected chi connectivity index (χ0v) is 12.0. The van der Waals surface area contributed by atoms with Gasteiger partial charge in [-0.2, -0.15) is 11.8 Å². The molecule has 0 aliphatic heterocycles. The van der Waals surface area contributed by atoms with Gasteiger partial charge in [-0.15, -0.1) is 6.58 Å². The van der Waals surface area contributed by atoms with E-state index in [1.807, 2.05) is 0 Å². The van der Waals surface area contributed by atoms with Crippen LogP contribution in [0.5, 0.6) is 0 Å². The van der Waals surface area contributed by atoms with Crippen molar-refractivity contribution in [2.45, 2.75) is 0 Å². The Balaban J connectivity index is 2.80. The Morgan fingerprint density at radius 3 is 2.90 bits per heavy atom. The molecule has 6 nitrogen and oxygen atoms in total. The number of nitro groups is 1. The van der Waals surface area contributed by atoms with Crippen molar-refractivity contribution in [1.29, 1.82) is 0 Å². The van der Waals surface area contributed by atoms with Crippen molar-refractivity contribution >= 4 is 29.0 Å². The lowest BCUT2D eigenvalue weighted by molar-refractivity contribution is -0.384. The van der Waals surface area contributed by atoms with Crippen molar-refractivity contribution < 1.29 is 9.72 Å². The SMILES string of the molecule is C=CCSCCNc1cc(C(=O)NC)ccc1[N+](=O)[O-]. The standard InChI is InChI=1S/C13H17N3O3S/c1-3-7-20-8-6-15-11-9-10(13(17)14-2)4-5-12(11)16(18)19/h3-5,9,15H,1,6-8H2,2H3,(H,14,17). The minimum atomic E-state index is -0.465. The molecule has 0 saturated heterocycles. The molecule has 0 unspecified atom stereocenters. The molecule has 20 heavy (non-hydrogen) atoms.